The van der Waals surface area contributed by atoms with Crippen LogP contribution in [0.5, 0.6) is 0 Å². The average molecular weight is 425 g/mol. The van der Waals surface area contributed by atoms with Crippen LogP contribution in [0.4, 0.5) is 17.2 Å². The van der Waals surface area contributed by atoms with Crippen LogP contribution in [0.2, 0.25) is 0 Å². The Labute approximate surface area is 185 Å². The van der Waals surface area contributed by atoms with Crippen molar-refractivity contribution in [2.24, 2.45) is 0 Å². The Bertz CT molecular complexity index is 1310. The van der Waals surface area contributed by atoms with Gasteiger partial charge in [0.05, 0.1) is 18.9 Å². The predicted octanol–water partition coefficient (Wildman–Crippen LogP) is 3.64. The minimum Gasteiger partial charge on any atom is -0.378 e. The number of benzene rings is 2. The fraction of sp³-hybridized carbons (Fsp3) is 0.240. The molecule has 1 saturated heterocycles. The fourth-order valence-electron chi connectivity index (χ4n) is 4.48. The van der Waals surface area contributed by atoms with E-state index < -0.39 is 0 Å². The summed E-state index contributed by atoms with van der Waals surface area (Å²) in [5.41, 5.74) is 6.98. The molecule has 0 unspecified atom stereocenters. The third-order valence-corrected chi connectivity index (χ3v) is 6.16. The highest BCUT2D eigenvalue weighted by atomic mass is 16.5. The number of morpholine rings is 1. The number of fused-ring (bicyclic) bond motifs is 2. The number of ketones is 1. The topological polar surface area (TPSA) is 71.8 Å². The van der Waals surface area contributed by atoms with E-state index >= 15 is 0 Å². The molecule has 0 atom stereocenters. The van der Waals surface area contributed by atoms with E-state index in [-0.39, 0.29) is 5.78 Å². The molecule has 1 N–H and O–H groups in total. The van der Waals surface area contributed by atoms with Crippen LogP contribution in [0.3, 0.4) is 0 Å². The number of rotatable bonds is 4. The molecule has 0 spiro atoms. The molecule has 1 aliphatic carbocycles. The second kappa shape index (κ2) is 7.76. The molecule has 1 aliphatic heterocycles. The van der Waals surface area contributed by atoms with Gasteiger partial charge in [-0.15, -0.1) is 0 Å². The van der Waals surface area contributed by atoms with E-state index in [2.05, 4.69) is 45.5 Å². The lowest BCUT2D eigenvalue weighted by Crippen LogP contribution is -2.36. The van der Waals surface area contributed by atoms with Crippen molar-refractivity contribution in [3.63, 3.8) is 0 Å². The van der Waals surface area contributed by atoms with Gasteiger partial charge in [0.25, 0.3) is 0 Å². The van der Waals surface area contributed by atoms with Crippen molar-refractivity contribution in [3.05, 3.63) is 72.2 Å². The molecule has 0 radical (unpaired) electrons. The summed E-state index contributed by atoms with van der Waals surface area (Å²) in [5, 5.41) is 3.44. The predicted molar refractivity (Wildman–Crippen MR) is 124 cm³/mol. The molecule has 2 aromatic heterocycles. The summed E-state index contributed by atoms with van der Waals surface area (Å²) < 4.78 is 7.42. The standard InChI is InChI=1S/C25H23N5O2/c31-22-14-17-1-2-18(13-19(17)15-22)23-16-30-8-7-26-25(30)24(28-23)27-20-3-5-21(6-4-20)29-9-11-32-12-10-29/h1-8,13,16H,9-12,14-15H2,(H,27,28). The van der Waals surface area contributed by atoms with Gasteiger partial charge in [0.2, 0.25) is 0 Å². The quantitative estimate of drug-likeness (QED) is 0.538. The molecule has 3 heterocycles. The van der Waals surface area contributed by atoms with Gasteiger partial charge < -0.3 is 19.4 Å². The molecule has 0 bridgehead atoms. The Morgan fingerprint density at radius 2 is 1.78 bits per heavy atom. The summed E-state index contributed by atoms with van der Waals surface area (Å²) in [4.78, 5) is 23.5. The Morgan fingerprint density at radius 1 is 0.969 bits per heavy atom. The molecular formula is C25H23N5O2. The van der Waals surface area contributed by atoms with Crippen LogP contribution in [0.25, 0.3) is 16.9 Å². The van der Waals surface area contributed by atoms with E-state index in [4.69, 9.17) is 9.72 Å². The molecule has 7 nitrogen and oxygen atoms in total. The molecule has 2 aromatic carbocycles. The molecule has 4 aromatic rings. The van der Waals surface area contributed by atoms with Crippen LogP contribution in [0.15, 0.2) is 61.1 Å². The molecule has 0 saturated carbocycles. The van der Waals surface area contributed by atoms with E-state index in [0.717, 1.165) is 60.0 Å². The summed E-state index contributed by atoms with van der Waals surface area (Å²) in [6, 6.07) is 14.6. The van der Waals surface area contributed by atoms with Gasteiger partial charge in [-0.2, -0.15) is 0 Å². The molecule has 0 amide bonds. The van der Waals surface area contributed by atoms with Crippen molar-refractivity contribution in [2.45, 2.75) is 12.8 Å². The van der Waals surface area contributed by atoms with Crippen molar-refractivity contribution in [1.29, 1.82) is 0 Å². The Morgan fingerprint density at radius 3 is 2.62 bits per heavy atom. The van der Waals surface area contributed by atoms with Crippen LogP contribution in [0, 0.1) is 0 Å². The van der Waals surface area contributed by atoms with Crippen LogP contribution >= 0.6 is 0 Å². The van der Waals surface area contributed by atoms with Crippen LogP contribution in [-0.4, -0.2) is 46.5 Å². The summed E-state index contributed by atoms with van der Waals surface area (Å²) in [6.07, 6.45) is 6.72. The number of Topliss-reactive ketones (excluding diaryl/α,β-unsaturated/α-hetero) is 1. The van der Waals surface area contributed by atoms with Gasteiger partial charge in [0.1, 0.15) is 5.78 Å². The average Bonchev–Trinajstić information content (AvgIpc) is 3.45. The zero-order valence-corrected chi connectivity index (χ0v) is 17.6. The van der Waals surface area contributed by atoms with E-state index in [1.165, 1.54) is 5.69 Å². The highest BCUT2D eigenvalue weighted by Gasteiger charge is 2.19. The first-order chi connectivity index (χ1) is 15.7. The van der Waals surface area contributed by atoms with Gasteiger partial charge in [0.15, 0.2) is 11.5 Å². The van der Waals surface area contributed by atoms with E-state index in [0.29, 0.717) is 18.7 Å². The van der Waals surface area contributed by atoms with E-state index in [9.17, 15) is 4.79 Å². The Balaban J connectivity index is 1.31. The number of ether oxygens (including phenoxy) is 1. The SMILES string of the molecule is O=C1Cc2ccc(-c3cn4ccnc4c(Nc4ccc(N5CCOCC5)cc4)n3)cc2C1. The maximum Gasteiger partial charge on any atom is 0.180 e. The minimum atomic E-state index is 0.276. The first kappa shape index (κ1) is 19.0. The third-order valence-electron chi connectivity index (χ3n) is 6.16. The monoisotopic (exact) mass is 425 g/mol. The molecule has 32 heavy (non-hydrogen) atoms. The van der Waals surface area contributed by atoms with Crippen molar-refractivity contribution >= 4 is 28.6 Å². The lowest BCUT2D eigenvalue weighted by atomic mass is 10.0. The summed E-state index contributed by atoms with van der Waals surface area (Å²) in [6.45, 7) is 3.37. The first-order valence-electron chi connectivity index (χ1n) is 10.9. The molecule has 160 valence electrons. The van der Waals surface area contributed by atoms with Crippen molar-refractivity contribution in [2.75, 3.05) is 36.5 Å². The number of nitrogens with zero attached hydrogens (tertiary/aromatic N) is 4. The first-order valence-corrected chi connectivity index (χ1v) is 10.9. The molecular weight excluding hydrogens is 402 g/mol. The van der Waals surface area contributed by atoms with Crippen LogP contribution < -0.4 is 10.2 Å². The van der Waals surface area contributed by atoms with Gasteiger partial charge >= 0.3 is 0 Å². The third kappa shape index (κ3) is 3.50. The lowest BCUT2D eigenvalue weighted by Gasteiger charge is -2.28. The zero-order chi connectivity index (χ0) is 21.5. The number of aromatic nitrogens is 3. The second-order valence-electron chi connectivity index (χ2n) is 8.28. The number of anilines is 3. The smallest absolute Gasteiger partial charge is 0.180 e. The van der Waals surface area contributed by atoms with E-state index in [1.807, 2.05) is 28.9 Å². The van der Waals surface area contributed by atoms with E-state index in [1.54, 1.807) is 6.20 Å². The van der Waals surface area contributed by atoms with Gasteiger partial charge in [0, 0.05) is 61.5 Å². The number of carbonyl (C=O) groups excluding carboxylic acids is 1. The number of hydrogen-bond donors (Lipinski definition) is 1. The Hall–Kier alpha value is -3.71. The maximum absolute atomic E-state index is 11.8. The maximum atomic E-state index is 11.8. The Kier molecular flexibility index (Phi) is 4.61. The highest BCUT2D eigenvalue weighted by Crippen LogP contribution is 2.29. The number of nitrogens with one attached hydrogen (secondary N) is 1. The van der Waals surface area contributed by atoms with Crippen LogP contribution in [0.1, 0.15) is 11.1 Å². The minimum absolute atomic E-state index is 0.276. The summed E-state index contributed by atoms with van der Waals surface area (Å²) in [7, 11) is 0. The van der Waals surface area contributed by atoms with Gasteiger partial charge in [-0.05, 0) is 41.5 Å². The molecule has 2 aliphatic rings. The lowest BCUT2D eigenvalue weighted by molar-refractivity contribution is -0.117. The summed E-state index contributed by atoms with van der Waals surface area (Å²) >= 11 is 0. The van der Waals surface area contributed by atoms with Crippen LogP contribution in [-0.2, 0) is 22.4 Å². The summed E-state index contributed by atoms with van der Waals surface area (Å²) in [5.74, 6) is 0.973. The van der Waals surface area contributed by atoms with Crippen molar-refractivity contribution in [1.82, 2.24) is 14.4 Å². The largest absolute Gasteiger partial charge is 0.378 e. The molecule has 7 heteroatoms. The molecule has 1 fully saturated rings. The molecule has 6 rings (SSSR count). The van der Waals surface area contributed by atoms with Gasteiger partial charge in [-0.1, -0.05) is 12.1 Å². The number of carbonyl (C=O) groups is 1. The zero-order valence-electron chi connectivity index (χ0n) is 17.6. The van der Waals surface area contributed by atoms with Gasteiger partial charge in [-0.3, -0.25) is 4.79 Å². The highest BCUT2D eigenvalue weighted by molar-refractivity contribution is 5.88. The normalized spacial score (nSPS) is 15.9. The number of hydrogen-bond acceptors (Lipinski definition) is 6. The van der Waals surface area contributed by atoms with Crippen molar-refractivity contribution in [3.8, 4) is 11.3 Å². The second-order valence-corrected chi connectivity index (χ2v) is 8.28. The van der Waals surface area contributed by atoms with Crippen molar-refractivity contribution < 1.29 is 9.53 Å². The number of imidazole rings is 1. The van der Waals surface area contributed by atoms with Gasteiger partial charge in [-0.25, -0.2) is 9.97 Å². The fourth-order valence-corrected chi connectivity index (χ4v) is 4.48.